The van der Waals surface area contributed by atoms with Crippen LogP contribution in [0.4, 0.5) is 15.9 Å². The van der Waals surface area contributed by atoms with Gasteiger partial charge in [0, 0.05) is 30.6 Å². The average molecular weight is 366 g/mol. The summed E-state index contributed by atoms with van der Waals surface area (Å²) < 4.78 is 16.2. The van der Waals surface area contributed by atoms with Gasteiger partial charge in [-0.1, -0.05) is 0 Å². The maximum absolute atomic E-state index is 13.3. The summed E-state index contributed by atoms with van der Waals surface area (Å²) in [4.78, 5) is 20.8. The first-order chi connectivity index (χ1) is 12.9. The van der Waals surface area contributed by atoms with E-state index in [9.17, 15) is 9.18 Å². The topological polar surface area (TPSA) is 116 Å². The van der Waals surface area contributed by atoms with Crippen molar-refractivity contribution in [1.82, 2.24) is 29.4 Å². The van der Waals surface area contributed by atoms with E-state index in [2.05, 4.69) is 25.5 Å². The number of rotatable bonds is 3. The molecule has 4 rings (SSSR count). The van der Waals surface area contributed by atoms with Crippen molar-refractivity contribution in [2.75, 3.05) is 11.1 Å². The van der Waals surface area contributed by atoms with Crippen molar-refractivity contribution < 1.29 is 9.18 Å². The van der Waals surface area contributed by atoms with E-state index in [1.807, 2.05) is 20.2 Å². The number of nitrogens with one attached hydrogen (secondary N) is 1. The van der Waals surface area contributed by atoms with Crippen molar-refractivity contribution in [2.24, 2.45) is 7.05 Å². The van der Waals surface area contributed by atoms with Crippen LogP contribution in [0.2, 0.25) is 0 Å². The Hall–Kier alpha value is -3.82. The number of hydrogen-bond donors (Lipinski definition) is 2. The van der Waals surface area contributed by atoms with Gasteiger partial charge in [-0.3, -0.25) is 14.5 Å². The number of aryl methyl sites for hydroxylation is 2. The van der Waals surface area contributed by atoms with Crippen molar-refractivity contribution in [2.45, 2.75) is 6.92 Å². The Bertz CT molecular complexity index is 1180. The molecule has 9 nitrogen and oxygen atoms in total. The van der Waals surface area contributed by atoms with Crippen LogP contribution >= 0.6 is 0 Å². The number of nitrogens with zero attached hydrogens (tertiary/aromatic N) is 6. The van der Waals surface area contributed by atoms with E-state index in [4.69, 9.17) is 5.73 Å². The first-order valence-electron chi connectivity index (χ1n) is 7.99. The summed E-state index contributed by atoms with van der Waals surface area (Å²) in [5, 5.41) is 11.1. The van der Waals surface area contributed by atoms with Gasteiger partial charge in [-0.25, -0.2) is 13.9 Å². The van der Waals surface area contributed by atoms with Gasteiger partial charge in [-0.15, -0.1) is 5.10 Å². The normalized spacial score (nSPS) is 11.1. The number of hydrogen-bond acceptors (Lipinski definition) is 6. The van der Waals surface area contributed by atoms with Crippen LogP contribution in [0.5, 0.6) is 0 Å². The van der Waals surface area contributed by atoms with Crippen LogP contribution in [0, 0.1) is 12.7 Å². The fraction of sp³-hybridized carbons (Fsp3) is 0.118. The highest BCUT2D eigenvalue weighted by atomic mass is 19.1. The lowest BCUT2D eigenvalue weighted by Crippen LogP contribution is -2.14. The second-order valence-electron chi connectivity index (χ2n) is 5.98. The number of anilines is 2. The molecule has 1 amide bonds. The molecule has 0 radical (unpaired) electrons. The molecule has 10 heteroatoms. The number of carbonyl (C=O) groups excluding carboxylic acids is 1. The summed E-state index contributed by atoms with van der Waals surface area (Å²) in [6.07, 6.45) is 7.13. The zero-order valence-corrected chi connectivity index (χ0v) is 14.5. The van der Waals surface area contributed by atoms with Crippen LogP contribution in [-0.4, -0.2) is 35.3 Å². The van der Waals surface area contributed by atoms with E-state index in [-0.39, 0.29) is 17.0 Å². The van der Waals surface area contributed by atoms with Crippen LogP contribution in [0.15, 0.2) is 37.1 Å². The van der Waals surface area contributed by atoms with Gasteiger partial charge in [0.05, 0.1) is 30.0 Å². The molecule has 0 fully saturated rings. The molecule has 4 aromatic heterocycles. The van der Waals surface area contributed by atoms with Gasteiger partial charge in [0.15, 0.2) is 17.3 Å². The van der Waals surface area contributed by atoms with Gasteiger partial charge in [0.1, 0.15) is 5.56 Å². The minimum Gasteiger partial charge on any atom is -0.381 e. The first kappa shape index (κ1) is 16.6. The Morgan fingerprint density at radius 3 is 2.78 bits per heavy atom. The largest absolute Gasteiger partial charge is 0.381 e. The molecule has 27 heavy (non-hydrogen) atoms. The van der Waals surface area contributed by atoms with Crippen LogP contribution in [-0.2, 0) is 7.05 Å². The number of pyridine rings is 1. The molecule has 0 unspecified atom stereocenters. The molecule has 0 aliphatic carbocycles. The van der Waals surface area contributed by atoms with Gasteiger partial charge in [0.2, 0.25) is 0 Å². The van der Waals surface area contributed by atoms with Crippen molar-refractivity contribution in [3.05, 3.63) is 54.1 Å². The molecule has 0 saturated carbocycles. The first-order valence-corrected chi connectivity index (χ1v) is 7.99. The summed E-state index contributed by atoms with van der Waals surface area (Å²) in [5.41, 5.74) is 9.00. The van der Waals surface area contributed by atoms with Crippen LogP contribution < -0.4 is 11.1 Å². The van der Waals surface area contributed by atoms with Crippen LogP contribution in [0.25, 0.3) is 16.8 Å². The molecule has 0 atom stereocenters. The van der Waals surface area contributed by atoms with E-state index in [1.165, 1.54) is 6.20 Å². The Labute approximate surface area is 152 Å². The second-order valence-corrected chi connectivity index (χ2v) is 5.98. The highest BCUT2D eigenvalue weighted by molar-refractivity contribution is 6.12. The molecule has 3 N–H and O–H groups in total. The molecular formula is C17H15FN8O. The Kier molecular flexibility index (Phi) is 3.80. The zero-order chi connectivity index (χ0) is 19.1. The SMILES string of the molecule is Cc1nn(C)cc1-c1ccncc1NC(=O)c1c(N)nn2cc(F)cnc12. The third-order valence-corrected chi connectivity index (χ3v) is 4.07. The number of carbonyl (C=O) groups is 1. The lowest BCUT2D eigenvalue weighted by atomic mass is 10.1. The Morgan fingerprint density at radius 1 is 1.22 bits per heavy atom. The smallest absolute Gasteiger partial charge is 0.263 e. The number of halogens is 1. The van der Waals surface area contributed by atoms with Gasteiger partial charge >= 0.3 is 0 Å². The molecule has 0 saturated heterocycles. The minimum atomic E-state index is -0.585. The standard InChI is InChI=1S/C17H15FN8O/c1-9-12(8-25(2)23-9)11-3-4-20-6-13(11)22-17(27)14-15(19)24-26-7-10(18)5-21-16(14)26/h3-8H,1-2H3,(H2,19,24)(H,22,27). The van der Waals surface area contributed by atoms with Crippen LogP contribution in [0.1, 0.15) is 16.1 Å². The summed E-state index contributed by atoms with van der Waals surface area (Å²) in [7, 11) is 1.82. The number of fused-ring (bicyclic) bond motifs is 1. The number of amides is 1. The van der Waals surface area contributed by atoms with Gasteiger partial charge < -0.3 is 11.1 Å². The van der Waals surface area contributed by atoms with E-state index in [1.54, 1.807) is 16.9 Å². The summed E-state index contributed by atoms with van der Waals surface area (Å²) >= 11 is 0. The third kappa shape index (κ3) is 2.86. The fourth-order valence-corrected chi connectivity index (χ4v) is 2.92. The van der Waals surface area contributed by atoms with Crippen LogP contribution in [0.3, 0.4) is 0 Å². The zero-order valence-electron chi connectivity index (χ0n) is 14.5. The number of nitrogen functional groups attached to an aromatic ring is 1. The third-order valence-electron chi connectivity index (χ3n) is 4.07. The highest BCUT2D eigenvalue weighted by Crippen LogP contribution is 2.30. The molecule has 136 valence electrons. The molecule has 4 aromatic rings. The minimum absolute atomic E-state index is 0.0476. The Balaban J connectivity index is 1.75. The molecule has 4 heterocycles. The predicted molar refractivity (Wildman–Crippen MR) is 96.5 cm³/mol. The molecular weight excluding hydrogens is 351 g/mol. The highest BCUT2D eigenvalue weighted by Gasteiger charge is 2.21. The average Bonchev–Trinajstić information content (AvgIpc) is 3.12. The van der Waals surface area contributed by atoms with E-state index < -0.39 is 11.7 Å². The second kappa shape index (κ2) is 6.16. The number of aromatic nitrogens is 6. The molecule has 0 aromatic carbocycles. The molecule has 0 aliphatic heterocycles. The van der Waals surface area contributed by atoms with E-state index in [0.29, 0.717) is 5.69 Å². The van der Waals surface area contributed by atoms with Crippen molar-refractivity contribution in [1.29, 1.82) is 0 Å². The number of nitrogens with two attached hydrogens (primary N) is 1. The van der Waals surface area contributed by atoms with Gasteiger partial charge in [-0.2, -0.15) is 5.10 Å². The summed E-state index contributed by atoms with van der Waals surface area (Å²) in [6.45, 7) is 1.88. The van der Waals surface area contributed by atoms with Crippen molar-refractivity contribution in [3.8, 4) is 11.1 Å². The molecule has 0 aliphatic rings. The quantitative estimate of drug-likeness (QED) is 0.571. The van der Waals surface area contributed by atoms with Crippen molar-refractivity contribution >= 4 is 23.1 Å². The fourth-order valence-electron chi connectivity index (χ4n) is 2.92. The Morgan fingerprint density at radius 2 is 2.04 bits per heavy atom. The van der Waals surface area contributed by atoms with E-state index in [0.717, 1.165) is 33.7 Å². The van der Waals surface area contributed by atoms with Gasteiger partial charge in [-0.05, 0) is 13.0 Å². The maximum atomic E-state index is 13.3. The summed E-state index contributed by atoms with van der Waals surface area (Å²) in [6, 6.07) is 1.78. The molecule has 0 bridgehead atoms. The lowest BCUT2D eigenvalue weighted by Gasteiger charge is -2.09. The molecule has 0 spiro atoms. The summed E-state index contributed by atoms with van der Waals surface area (Å²) in [5.74, 6) is -1.15. The monoisotopic (exact) mass is 366 g/mol. The van der Waals surface area contributed by atoms with Gasteiger partial charge in [0.25, 0.3) is 5.91 Å². The predicted octanol–water partition coefficient (Wildman–Crippen LogP) is 1.81. The lowest BCUT2D eigenvalue weighted by molar-refractivity contribution is 0.102. The maximum Gasteiger partial charge on any atom is 0.263 e. The van der Waals surface area contributed by atoms with E-state index >= 15 is 0 Å². The van der Waals surface area contributed by atoms with Crippen molar-refractivity contribution in [3.63, 3.8) is 0 Å².